The van der Waals surface area contributed by atoms with Crippen LogP contribution in [0.2, 0.25) is 0 Å². The minimum absolute atomic E-state index is 0. The zero-order chi connectivity index (χ0) is 33.5. The topological polar surface area (TPSA) is 137 Å². The number of aliphatic hydroxyl groups excluding tert-OH is 2. The third-order valence-corrected chi connectivity index (χ3v) is 8.66. The number of carboxylic acids is 1. The number of esters is 1. The number of hydrogen-bond acceptors (Lipinski definition) is 8. The van der Waals surface area contributed by atoms with E-state index in [0.717, 1.165) is 84.2 Å². The number of ketones is 1. The summed E-state index contributed by atoms with van der Waals surface area (Å²) in [6.07, 6.45) is 7.24. The summed E-state index contributed by atoms with van der Waals surface area (Å²) in [6.45, 7) is 2.09. The molecule has 0 amide bonds. The molecule has 2 fully saturated rings. The smallest absolute Gasteiger partial charge is 0.550 e. The van der Waals surface area contributed by atoms with Crippen molar-refractivity contribution in [3.05, 3.63) is 82.8 Å². The van der Waals surface area contributed by atoms with Gasteiger partial charge in [0.1, 0.15) is 18.0 Å². The van der Waals surface area contributed by atoms with E-state index in [0.29, 0.717) is 12.5 Å². The molecule has 8 nitrogen and oxygen atoms in total. The van der Waals surface area contributed by atoms with Gasteiger partial charge in [-0.15, -0.1) is 0 Å². The van der Waals surface area contributed by atoms with Crippen molar-refractivity contribution >= 4 is 23.8 Å². The number of halogens is 1. The Balaban J connectivity index is 0.000000370. The van der Waals surface area contributed by atoms with Crippen LogP contribution in [0.1, 0.15) is 86.6 Å². The third kappa shape index (κ3) is 10.2. The second-order valence-corrected chi connectivity index (χ2v) is 12.5. The molecular weight excluding hydrogens is 624 g/mol. The van der Waals surface area contributed by atoms with Gasteiger partial charge in [-0.3, -0.25) is 14.6 Å². The number of fused-ring (bicyclic) bond motifs is 3. The van der Waals surface area contributed by atoms with Crippen LogP contribution in [-0.2, 0) is 32.0 Å². The molecule has 2 atom stereocenters. The van der Waals surface area contributed by atoms with Gasteiger partial charge < -0.3 is 24.9 Å². The first-order valence-corrected chi connectivity index (χ1v) is 16.5. The Labute approximate surface area is 302 Å². The van der Waals surface area contributed by atoms with E-state index in [-0.39, 0.29) is 65.9 Å². The van der Waals surface area contributed by atoms with Crippen molar-refractivity contribution in [2.24, 2.45) is 5.92 Å². The molecule has 0 saturated heterocycles. The third-order valence-electron chi connectivity index (χ3n) is 8.66. The predicted molar refractivity (Wildman–Crippen MR) is 173 cm³/mol. The number of aryl methyl sites for hydroxylation is 1. The maximum Gasteiger partial charge on any atom is 1.00 e. The SMILES string of the molecule is CCOC(=O)CC(=O)C1CC1.O=C([O-])C[C@H](O)C[C@H](O)/C=C/c1c(C2CC2)nc2c(c1-c1ccc(F)cc1)CCCc1ccccc1-2.[Na+]. The van der Waals surface area contributed by atoms with Crippen LogP contribution in [0, 0.1) is 11.7 Å². The largest absolute Gasteiger partial charge is 1.00 e. The van der Waals surface area contributed by atoms with Gasteiger partial charge in [-0.2, -0.15) is 0 Å². The van der Waals surface area contributed by atoms with E-state index in [2.05, 4.69) is 22.9 Å². The van der Waals surface area contributed by atoms with Crippen LogP contribution in [0.5, 0.6) is 0 Å². The zero-order valence-corrected chi connectivity index (χ0v) is 29.6. The number of aliphatic hydroxyl groups is 2. The van der Waals surface area contributed by atoms with E-state index in [1.807, 2.05) is 12.1 Å². The van der Waals surface area contributed by atoms with Gasteiger partial charge in [0.2, 0.25) is 0 Å². The molecule has 10 heteroatoms. The number of aromatic nitrogens is 1. The molecule has 2 saturated carbocycles. The summed E-state index contributed by atoms with van der Waals surface area (Å²) < 4.78 is 18.5. The monoisotopic (exact) mass is 665 g/mol. The second kappa shape index (κ2) is 17.4. The van der Waals surface area contributed by atoms with Gasteiger partial charge in [-0.25, -0.2) is 4.39 Å². The van der Waals surface area contributed by atoms with Gasteiger partial charge in [-0.1, -0.05) is 48.6 Å². The first-order chi connectivity index (χ1) is 22.6. The molecule has 48 heavy (non-hydrogen) atoms. The molecule has 3 aromatic rings. The minimum Gasteiger partial charge on any atom is -0.550 e. The summed E-state index contributed by atoms with van der Waals surface area (Å²) in [7, 11) is 0. The standard InChI is InChI=1S/C30H30FNO4.C8H12O3.Na/c31-21-12-10-19(11-13-21)28-25-7-3-5-18-4-1-2-6-24(18)30(25)32-29(20-8-9-20)26(28)15-14-22(33)16-23(34)17-27(35)36;1-2-11-8(10)5-7(9)6-3-4-6;/h1-2,4,6,10-15,20,22-23,33-34H,3,5,7-9,16-17H2,(H,35,36);6H,2-5H2,1H3;/q;;+1/p-1/b15-14+;;/t22-,23-;;/m1../s1. The van der Waals surface area contributed by atoms with Crippen LogP contribution < -0.4 is 34.7 Å². The van der Waals surface area contributed by atoms with E-state index in [1.165, 1.54) is 17.7 Å². The average molecular weight is 666 g/mol. The molecule has 1 heterocycles. The summed E-state index contributed by atoms with van der Waals surface area (Å²) in [4.78, 5) is 37.7. The predicted octanol–water partition coefficient (Wildman–Crippen LogP) is 2.11. The van der Waals surface area contributed by atoms with Gasteiger partial charge in [0.25, 0.3) is 0 Å². The molecule has 0 bridgehead atoms. The van der Waals surface area contributed by atoms with E-state index >= 15 is 0 Å². The van der Waals surface area contributed by atoms with E-state index in [1.54, 1.807) is 25.1 Å². The number of Topliss-reactive ketones (excluding diaryl/α,β-unsaturated/α-hetero) is 1. The number of benzene rings is 2. The van der Waals surface area contributed by atoms with E-state index < -0.39 is 24.6 Å². The summed E-state index contributed by atoms with van der Waals surface area (Å²) in [5, 5.41) is 31.2. The number of carbonyl (C=O) groups is 3. The van der Waals surface area contributed by atoms with Crippen molar-refractivity contribution in [3.8, 4) is 22.4 Å². The fourth-order valence-electron chi connectivity index (χ4n) is 6.08. The molecule has 0 unspecified atom stereocenters. The molecule has 3 aliphatic rings. The Hall–Kier alpha value is -3.21. The minimum atomic E-state index is -1.36. The summed E-state index contributed by atoms with van der Waals surface area (Å²) in [5.41, 5.74) is 8.25. The van der Waals surface area contributed by atoms with Crippen molar-refractivity contribution in [2.45, 2.75) is 89.3 Å². The molecule has 2 aromatic carbocycles. The number of nitrogens with zero attached hydrogens (tertiary/aromatic N) is 1. The molecule has 248 valence electrons. The summed E-state index contributed by atoms with van der Waals surface area (Å²) >= 11 is 0. The summed E-state index contributed by atoms with van der Waals surface area (Å²) in [6, 6.07) is 14.9. The fraction of sp³-hybridized carbons (Fsp3) is 0.421. The first-order valence-electron chi connectivity index (χ1n) is 16.5. The maximum absolute atomic E-state index is 13.9. The maximum atomic E-state index is 13.9. The van der Waals surface area contributed by atoms with Gasteiger partial charge >= 0.3 is 35.5 Å². The molecule has 3 aliphatic carbocycles. The molecule has 2 N–H and O–H groups in total. The van der Waals surface area contributed by atoms with Crippen LogP contribution >= 0.6 is 0 Å². The zero-order valence-electron chi connectivity index (χ0n) is 27.6. The van der Waals surface area contributed by atoms with Gasteiger partial charge in [-0.05, 0) is 86.3 Å². The number of pyridine rings is 1. The normalized spacial score (nSPS) is 16.2. The second-order valence-electron chi connectivity index (χ2n) is 12.5. The van der Waals surface area contributed by atoms with Crippen LogP contribution in [-0.4, -0.2) is 51.7 Å². The molecule has 0 spiro atoms. The Morgan fingerprint density at radius 2 is 1.75 bits per heavy atom. The Kier molecular flexibility index (Phi) is 13.7. The Bertz CT molecular complexity index is 1630. The van der Waals surface area contributed by atoms with E-state index in [9.17, 15) is 34.1 Å². The molecular formula is C38H41FNNaO7. The van der Waals surface area contributed by atoms with Crippen molar-refractivity contribution < 1.29 is 68.4 Å². The van der Waals surface area contributed by atoms with Crippen molar-refractivity contribution in [1.82, 2.24) is 4.98 Å². The van der Waals surface area contributed by atoms with E-state index in [4.69, 9.17) is 4.98 Å². The number of hydrogen-bond donors (Lipinski definition) is 2. The fourth-order valence-corrected chi connectivity index (χ4v) is 6.08. The van der Waals surface area contributed by atoms with Crippen molar-refractivity contribution in [3.63, 3.8) is 0 Å². The first kappa shape index (κ1) is 37.6. The van der Waals surface area contributed by atoms with Crippen molar-refractivity contribution in [2.75, 3.05) is 6.61 Å². The molecule has 0 aliphatic heterocycles. The number of carboxylic acid groups (broad SMARTS) is 1. The van der Waals surface area contributed by atoms with Crippen LogP contribution in [0.15, 0.2) is 54.6 Å². The van der Waals surface area contributed by atoms with Gasteiger partial charge in [0.05, 0.1) is 30.2 Å². The van der Waals surface area contributed by atoms with Crippen molar-refractivity contribution in [1.29, 1.82) is 0 Å². The number of ether oxygens (including phenoxy) is 1. The van der Waals surface area contributed by atoms with Crippen LogP contribution in [0.25, 0.3) is 28.5 Å². The Morgan fingerprint density at radius 1 is 1.04 bits per heavy atom. The number of rotatable bonds is 12. The quantitative estimate of drug-likeness (QED) is 0.171. The number of aliphatic carboxylic acids is 1. The average Bonchev–Trinajstić information content (AvgIpc) is 3.93. The van der Waals surface area contributed by atoms with Crippen LogP contribution in [0.3, 0.4) is 0 Å². The van der Waals surface area contributed by atoms with Gasteiger partial charge in [0.15, 0.2) is 0 Å². The van der Waals surface area contributed by atoms with Crippen LogP contribution in [0.4, 0.5) is 4.39 Å². The van der Waals surface area contributed by atoms with Gasteiger partial charge in [0, 0.05) is 41.8 Å². The molecule has 0 radical (unpaired) electrons. The Morgan fingerprint density at radius 3 is 2.40 bits per heavy atom. The molecule has 6 rings (SSSR count). The molecule has 1 aromatic heterocycles. The number of carbonyl (C=O) groups excluding carboxylic acids is 3. The summed E-state index contributed by atoms with van der Waals surface area (Å²) in [5.74, 6) is -1.53.